The summed E-state index contributed by atoms with van der Waals surface area (Å²) in [6, 6.07) is 9.60. The van der Waals surface area contributed by atoms with E-state index in [1.807, 2.05) is 18.2 Å². The normalized spacial score (nSPS) is 11.6. The van der Waals surface area contributed by atoms with E-state index >= 15 is 0 Å². The van der Waals surface area contributed by atoms with Crippen LogP contribution < -0.4 is 51.4 Å². The largest absolute Gasteiger partial charge is 1.00 e. The Bertz CT molecular complexity index is 847. The molecule has 0 aliphatic heterocycles. The van der Waals surface area contributed by atoms with Crippen LogP contribution in [0.4, 0.5) is 0 Å². The van der Waals surface area contributed by atoms with Crippen LogP contribution in [0.5, 0.6) is 0 Å². The molecule has 29 heavy (non-hydrogen) atoms. The zero-order valence-electron chi connectivity index (χ0n) is 18.5. The molecule has 0 N–H and O–H groups in total. The third kappa shape index (κ3) is 9.10. The SMILES string of the molecule is CCCCCCCc1cc(S(=O)(=O)[O-])c2c(CCCCCCC)cccc2c1.[K+]. The third-order valence-electron chi connectivity index (χ3n) is 5.47. The fourth-order valence-corrected chi connectivity index (χ4v) is 4.72. The van der Waals surface area contributed by atoms with Crippen LogP contribution in [0.3, 0.4) is 0 Å². The van der Waals surface area contributed by atoms with Crippen molar-refractivity contribution in [1.29, 1.82) is 0 Å². The maximum atomic E-state index is 12.0. The van der Waals surface area contributed by atoms with Crippen LogP contribution in [0, 0.1) is 0 Å². The van der Waals surface area contributed by atoms with Gasteiger partial charge in [0.15, 0.2) is 0 Å². The molecule has 5 heteroatoms. The molecule has 0 bridgehead atoms. The first-order valence-corrected chi connectivity index (χ1v) is 12.4. The summed E-state index contributed by atoms with van der Waals surface area (Å²) in [7, 11) is -4.50. The quantitative estimate of drug-likeness (QED) is 0.269. The van der Waals surface area contributed by atoms with Gasteiger partial charge >= 0.3 is 51.4 Å². The van der Waals surface area contributed by atoms with Gasteiger partial charge in [0, 0.05) is 5.39 Å². The Balaban J connectivity index is 0.00000420. The molecule has 0 heterocycles. The average Bonchev–Trinajstić information content (AvgIpc) is 2.66. The molecule has 0 saturated heterocycles. The second-order valence-electron chi connectivity index (χ2n) is 7.89. The molecule has 0 amide bonds. The molecule has 0 aliphatic carbocycles. The monoisotopic (exact) mass is 442 g/mol. The standard InChI is InChI=1S/C24H36O3S.K/c1-3-5-7-9-11-14-20-18-22-17-13-16-21(15-12-10-8-6-4-2)24(22)23(19-20)28(25,26)27;/h13,16-19H,3-12,14-15H2,1-2H3,(H,25,26,27);/q;+1/p-1. The first-order valence-electron chi connectivity index (χ1n) is 11.0. The van der Waals surface area contributed by atoms with Gasteiger partial charge in [0.2, 0.25) is 0 Å². The van der Waals surface area contributed by atoms with Gasteiger partial charge in [0.1, 0.15) is 10.1 Å². The first-order chi connectivity index (χ1) is 13.5. The summed E-state index contributed by atoms with van der Waals surface area (Å²) in [4.78, 5) is -0.0299. The Kier molecular flexibility index (Phi) is 13.5. The number of hydrogen-bond acceptors (Lipinski definition) is 3. The molecule has 0 aliphatic rings. The third-order valence-corrected chi connectivity index (χ3v) is 6.34. The topological polar surface area (TPSA) is 57.2 Å². The van der Waals surface area contributed by atoms with Gasteiger partial charge in [0.05, 0.1) is 4.90 Å². The van der Waals surface area contributed by atoms with Gasteiger partial charge in [-0.3, -0.25) is 0 Å². The van der Waals surface area contributed by atoms with E-state index < -0.39 is 10.1 Å². The van der Waals surface area contributed by atoms with Crippen molar-refractivity contribution in [3.63, 3.8) is 0 Å². The molecule has 0 saturated carbocycles. The summed E-state index contributed by atoms with van der Waals surface area (Å²) in [6.07, 6.45) is 13.3. The van der Waals surface area contributed by atoms with E-state index in [0.717, 1.165) is 55.0 Å². The summed E-state index contributed by atoms with van der Waals surface area (Å²) in [5.74, 6) is 0. The Morgan fingerprint density at radius 1 is 0.793 bits per heavy atom. The number of unbranched alkanes of at least 4 members (excludes halogenated alkanes) is 8. The van der Waals surface area contributed by atoms with Crippen LogP contribution in [0.1, 0.15) is 89.2 Å². The van der Waals surface area contributed by atoms with Gasteiger partial charge in [0.25, 0.3) is 0 Å². The number of hydrogen-bond donors (Lipinski definition) is 0. The van der Waals surface area contributed by atoms with E-state index in [4.69, 9.17) is 0 Å². The van der Waals surface area contributed by atoms with Gasteiger partial charge < -0.3 is 4.55 Å². The molecule has 2 aromatic carbocycles. The van der Waals surface area contributed by atoms with Crippen LogP contribution in [-0.4, -0.2) is 13.0 Å². The molecule has 0 aromatic heterocycles. The zero-order chi connectivity index (χ0) is 20.4. The van der Waals surface area contributed by atoms with Gasteiger partial charge in [-0.05, 0) is 48.3 Å². The average molecular weight is 443 g/mol. The summed E-state index contributed by atoms with van der Waals surface area (Å²) in [6.45, 7) is 4.38. The van der Waals surface area contributed by atoms with Gasteiger partial charge in [-0.15, -0.1) is 0 Å². The van der Waals surface area contributed by atoms with Crippen LogP contribution in [0.25, 0.3) is 10.8 Å². The number of rotatable bonds is 13. The molecular weight excluding hydrogens is 407 g/mol. The minimum absolute atomic E-state index is 0. The van der Waals surface area contributed by atoms with Crippen molar-refractivity contribution in [2.24, 2.45) is 0 Å². The fraction of sp³-hybridized carbons (Fsp3) is 0.583. The Hall–Kier alpha value is 0.246. The predicted octanol–water partition coefficient (Wildman–Crippen LogP) is 3.77. The van der Waals surface area contributed by atoms with Crippen LogP contribution >= 0.6 is 0 Å². The van der Waals surface area contributed by atoms with Crippen molar-refractivity contribution < 1.29 is 64.4 Å². The van der Waals surface area contributed by atoms with Crippen molar-refractivity contribution in [2.75, 3.05) is 0 Å². The summed E-state index contributed by atoms with van der Waals surface area (Å²) in [5.41, 5.74) is 1.94. The second-order valence-corrected chi connectivity index (χ2v) is 9.24. The van der Waals surface area contributed by atoms with Crippen molar-refractivity contribution in [1.82, 2.24) is 0 Å². The molecule has 0 fully saturated rings. The number of fused-ring (bicyclic) bond motifs is 1. The number of aryl methyl sites for hydroxylation is 2. The van der Waals surface area contributed by atoms with Crippen molar-refractivity contribution in [3.05, 3.63) is 41.5 Å². The van der Waals surface area contributed by atoms with Gasteiger partial charge in [-0.2, -0.15) is 0 Å². The van der Waals surface area contributed by atoms with E-state index in [1.54, 1.807) is 6.07 Å². The van der Waals surface area contributed by atoms with E-state index in [1.165, 1.54) is 38.5 Å². The molecule has 0 spiro atoms. The molecule has 3 nitrogen and oxygen atoms in total. The maximum Gasteiger partial charge on any atom is 1.00 e. The minimum atomic E-state index is -4.50. The maximum absolute atomic E-state index is 12.0. The first kappa shape index (κ1) is 27.3. The Morgan fingerprint density at radius 3 is 1.97 bits per heavy atom. The van der Waals surface area contributed by atoms with E-state index in [9.17, 15) is 13.0 Å². The summed E-state index contributed by atoms with van der Waals surface area (Å²) < 4.78 is 36.1. The summed E-state index contributed by atoms with van der Waals surface area (Å²) in [5, 5.41) is 1.52. The zero-order valence-corrected chi connectivity index (χ0v) is 22.4. The van der Waals surface area contributed by atoms with Gasteiger partial charge in [-0.1, -0.05) is 89.5 Å². The predicted molar refractivity (Wildman–Crippen MR) is 117 cm³/mol. The van der Waals surface area contributed by atoms with Crippen molar-refractivity contribution >= 4 is 20.9 Å². The smallest absolute Gasteiger partial charge is 0.744 e. The van der Waals surface area contributed by atoms with Crippen LogP contribution in [0.15, 0.2) is 35.2 Å². The van der Waals surface area contributed by atoms with E-state index in [0.29, 0.717) is 5.39 Å². The van der Waals surface area contributed by atoms with E-state index in [2.05, 4.69) is 19.9 Å². The molecule has 156 valence electrons. The summed E-state index contributed by atoms with van der Waals surface area (Å²) >= 11 is 0. The fourth-order valence-electron chi connectivity index (χ4n) is 3.92. The minimum Gasteiger partial charge on any atom is -0.744 e. The molecule has 0 unspecified atom stereocenters. The van der Waals surface area contributed by atoms with Crippen LogP contribution in [0.2, 0.25) is 0 Å². The Labute approximate surface area is 220 Å². The van der Waals surface area contributed by atoms with Crippen molar-refractivity contribution in [2.45, 2.75) is 95.8 Å². The van der Waals surface area contributed by atoms with Crippen LogP contribution in [-0.2, 0) is 23.0 Å². The second kappa shape index (κ2) is 14.3. The van der Waals surface area contributed by atoms with E-state index in [-0.39, 0.29) is 56.3 Å². The molecule has 0 atom stereocenters. The molecule has 2 rings (SSSR count). The Morgan fingerprint density at radius 2 is 1.38 bits per heavy atom. The molecule has 0 radical (unpaired) electrons. The number of benzene rings is 2. The van der Waals surface area contributed by atoms with Crippen molar-refractivity contribution in [3.8, 4) is 0 Å². The molecular formula is C24H35KO3S. The molecule has 2 aromatic rings. The van der Waals surface area contributed by atoms with Gasteiger partial charge in [-0.25, -0.2) is 8.42 Å².